The number of nitro groups is 1. The van der Waals surface area contributed by atoms with Crippen molar-refractivity contribution >= 4 is 40.2 Å². The van der Waals surface area contributed by atoms with Crippen LogP contribution in [0.3, 0.4) is 0 Å². The summed E-state index contributed by atoms with van der Waals surface area (Å²) in [6.45, 7) is 4.68. The molecule has 0 aliphatic rings. The second-order valence-corrected chi connectivity index (χ2v) is 7.02. The fourth-order valence-corrected chi connectivity index (χ4v) is 3.82. The SMILES string of the molecule is CCOC(=O)c1ccc2c(c1)nc(SCC(=O)c1ccc([N+](=O)[O-])cc1)n2CC. The van der Waals surface area contributed by atoms with Crippen molar-refractivity contribution in [3.8, 4) is 0 Å². The van der Waals surface area contributed by atoms with Gasteiger partial charge in [-0.1, -0.05) is 11.8 Å². The van der Waals surface area contributed by atoms with E-state index in [1.165, 1.54) is 36.0 Å². The highest BCUT2D eigenvalue weighted by atomic mass is 32.2. The van der Waals surface area contributed by atoms with E-state index in [1.807, 2.05) is 17.6 Å². The molecule has 0 spiro atoms. The predicted octanol–water partition coefficient (Wildman–Crippen LogP) is 4.12. The van der Waals surface area contributed by atoms with Crippen LogP contribution in [0.2, 0.25) is 0 Å². The maximum absolute atomic E-state index is 12.4. The van der Waals surface area contributed by atoms with Crippen LogP contribution in [0.4, 0.5) is 5.69 Å². The Morgan fingerprint density at radius 2 is 1.83 bits per heavy atom. The largest absolute Gasteiger partial charge is 0.462 e. The molecule has 3 aromatic rings. The molecule has 0 saturated carbocycles. The number of nitro benzene ring substituents is 1. The first-order chi connectivity index (χ1) is 13.9. The van der Waals surface area contributed by atoms with Gasteiger partial charge in [-0.3, -0.25) is 14.9 Å². The Balaban J connectivity index is 1.79. The van der Waals surface area contributed by atoms with E-state index in [0.29, 0.717) is 35.0 Å². The minimum atomic E-state index is -0.503. The van der Waals surface area contributed by atoms with Crippen molar-refractivity contribution in [3.05, 3.63) is 63.7 Å². The first-order valence-corrected chi connectivity index (χ1v) is 10.0. The highest BCUT2D eigenvalue weighted by Gasteiger charge is 2.16. The van der Waals surface area contributed by atoms with Gasteiger partial charge < -0.3 is 9.30 Å². The van der Waals surface area contributed by atoms with Gasteiger partial charge in [-0.2, -0.15) is 0 Å². The first kappa shape index (κ1) is 20.5. The van der Waals surface area contributed by atoms with E-state index >= 15 is 0 Å². The standard InChI is InChI=1S/C20H19N3O5S/c1-3-22-17-10-7-14(19(25)28-4-2)11-16(17)21-20(22)29-12-18(24)13-5-8-15(9-6-13)23(26)27/h5-11H,3-4,12H2,1-2H3. The summed E-state index contributed by atoms with van der Waals surface area (Å²) < 4.78 is 7.00. The summed E-state index contributed by atoms with van der Waals surface area (Å²) in [6.07, 6.45) is 0. The smallest absolute Gasteiger partial charge is 0.338 e. The molecule has 150 valence electrons. The van der Waals surface area contributed by atoms with Gasteiger partial charge in [-0.05, 0) is 44.2 Å². The first-order valence-electron chi connectivity index (χ1n) is 9.02. The number of thioether (sulfide) groups is 1. The van der Waals surface area contributed by atoms with E-state index in [0.717, 1.165) is 5.52 Å². The number of Topliss-reactive ketones (excluding diaryl/α,β-unsaturated/α-hetero) is 1. The van der Waals surface area contributed by atoms with Crippen molar-refractivity contribution in [2.75, 3.05) is 12.4 Å². The van der Waals surface area contributed by atoms with E-state index < -0.39 is 10.9 Å². The fourth-order valence-electron chi connectivity index (χ4n) is 2.85. The van der Waals surface area contributed by atoms with Crippen LogP contribution in [0, 0.1) is 10.1 Å². The Morgan fingerprint density at radius 3 is 2.45 bits per heavy atom. The number of carbonyl (C=O) groups is 2. The van der Waals surface area contributed by atoms with Gasteiger partial charge in [0.25, 0.3) is 5.69 Å². The van der Waals surface area contributed by atoms with Crippen LogP contribution in [-0.4, -0.2) is 38.6 Å². The molecule has 1 heterocycles. The number of carbonyl (C=O) groups excluding carboxylic acids is 2. The van der Waals surface area contributed by atoms with Gasteiger partial charge in [0.15, 0.2) is 10.9 Å². The van der Waals surface area contributed by atoms with Crippen molar-refractivity contribution in [1.82, 2.24) is 9.55 Å². The molecule has 29 heavy (non-hydrogen) atoms. The van der Waals surface area contributed by atoms with Crippen LogP contribution in [0.5, 0.6) is 0 Å². The zero-order valence-electron chi connectivity index (χ0n) is 16.0. The number of fused-ring (bicyclic) bond motifs is 1. The van der Waals surface area contributed by atoms with E-state index in [1.54, 1.807) is 19.1 Å². The molecule has 9 heteroatoms. The second kappa shape index (κ2) is 8.87. The molecule has 0 bridgehead atoms. The highest BCUT2D eigenvalue weighted by Crippen LogP contribution is 2.26. The number of hydrogen-bond donors (Lipinski definition) is 0. The van der Waals surface area contributed by atoms with Crippen molar-refractivity contribution in [2.24, 2.45) is 0 Å². The van der Waals surface area contributed by atoms with Crippen molar-refractivity contribution in [2.45, 2.75) is 25.5 Å². The van der Waals surface area contributed by atoms with Crippen molar-refractivity contribution < 1.29 is 19.2 Å². The quantitative estimate of drug-likeness (QED) is 0.180. The van der Waals surface area contributed by atoms with Gasteiger partial charge in [-0.15, -0.1) is 0 Å². The average Bonchev–Trinajstić information content (AvgIpc) is 3.08. The number of nitrogens with zero attached hydrogens (tertiary/aromatic N) is 3. The molecule has 0 radical (unpaired) electrons. The molecule has 0 saturated heterocycles. The number of aryl methyl sites for hydroxylation is 1. The zero-order chi connectivity index (χ0) is 21.0. The van der Waals surface area contributed by atoms with Gasteiger partial charge in [0.1, 0.15) is 0 Å². The molecule has 0 aliphatic heterocycles. The van der Waals surface area contributed by atoms with Crippen LogP contribution in [0.25, 0.3) is 11.0 Å². The summed E-state index contributed by atoms with van der Waals surface area (Å²) in [4.78, 5) is 39.2. The number of ether oxygens (including phenoxy) is 1. The van der Waals surface area contributed by atoms with Gasteiger partial charge in [0.2, 0.25) is 0 Å². The number of non-ortho nitro benzene ring substituents is 1. The molecule has 0 N–H and O–H groups in total. The van der Waals surface area contributed by atoms with Crippen LogP contribution < -0.4 is 0 Å². The number of ketones is 1. The third-order valence-corrected chi connectivity index (χ3v) is 5.25. The topological polar surface area (TPSA) is 104 Å². The van der Waals surface area contributed by atoms with Crippen LogP contribution >= 0.6 is 11.8 Å². The Hall–Kier alpha value is -3.20. The minimum absolute atomic E-state index is 0.0561. The third kappa shape index (κ3) is 4.45. The molecular weight excluding hydrogens is 394 g/mol. The van der Waals surface area contributed by atoms with Crippen molar-refractivity contribution in [1.29, 1.82) is 0 Å². The summed E-state index contributed by atoms with van der Waals surface area (Å²) in [7, 11) is 0. The number of benzene rings is 2. The van der Waals surface area contributed by atoms with Crippen LogP contribution in [0.1, 0.15) is 34.6 Å². The monoisotopic (exact) mass is 413 g/mol. The summed E-state index contributed by atoms with van der Waals surface area (Å²) in [5.74, 6) is -0.402. The van der Waals surface area contributed by atoms with Gasteiger partial charge in [-0.25, -0.2) is 9.78 Å². The second-order valence-electron chi connectivity index (χ2n) is 6.08. The molecule has 0 atom stereocenters. The molecule has 8 nitrogen and oxygen atoms in total. The van der Waals surface area contributed by atoms with E-state index in [-0.39, 0.29) is 17.2 Å². The molecule has 0 amide bonds. The Kier molecular flexibility index (Phi) is 6.28. The molecule has 0 aliphatic carbocycles. The molecule has 0 unspecified atom stereocenters. The number of esters is 1. The summed E-state index contributed by atoms with van der Waals surface area (Å²) in [5.41, 5.74) is 2.30. The lowest BCUT2D eigenvalue weighted by atomic mass is 10.1. The molecule has 0 fully saturated rings. The minimum Gasteiger partial charge on any atom is -0.462 e. The Labute approximate surface area is 171 Å². The van der Waals surface area contributed by atoms with Crippen molar-refractivity contribution in [3.63, 3.8) is 0 Å². The van der Waals surface area contributed by atoms with Gasteiger partial charge in [0.05, 0.1) is 33.9 Å². The lowest BCUT2D eigenvalue weighted by Crippen LogP contribution is -2.05. The summed E-state index contributed by atoms with van der Waals surface area (Å²) >= 11 is 1.29. The average molecular weight is 413 g/mol. The lowest BCUT2D eigenvalue weighted by molar-refractivity contribution is -0.384. The molecule has 2 aromatic carbocycles. The summed E-state index contributed by atoms with van der Waals surface area (Å²) in [5, 5.41) is 11.4. The normalized spacial score (nSPS) is 10.8. The number of rotatable bonds is 8. The maximum atomic E-state index is 12.4. The van der Waals surface area contributed by atoms with Crippen LogP contribution in [-0.2, 0) is 11.3 Å². The molecule has 3 rings (SSSR count). The van der Waals surface area contributed by atoms with Crippen LogP contribution in [0.15, 0.2) is 47.6 Å². The lowest BCUT2D eigenvalue weighted by Gasteiger charge is -2.06. The van der Waals surface area contributed by atoms with Gasteiger partial charge in [0, 0.05) is 24.2 Å². The number of hydrogen-bond acceptors (Lipinski definition) is 7. The molecular formula is C20H19N3O5S. The predicted molar refractivity (Wildman–Crippen MR) is 110 cm³/mol. The fraction of sp³-hybridized carbons (Fsp3) is 0.250. The van der Waals surface area contributed by atoms with E-state index in [2.05, 4.69) is 4.98 Å². The number of aromatic nitrogens is 2. The van der Waals surface area contributed by atoms with Gasteiger partial charge >= 0.3 is 5.97 Å². The van der Waals surface area contributed by atoms with E-state index in [9.17, 15) is 19.7 Å². The Bertz CT molecular complexity index is 1080. The van der Waals surface area contributed by atoms with E-state index in [4.69, 9.17) is 4.74 Å². The molecule has 1 aromatic heterocycles. The highest BCUT2D eigenvalue weighted by molar-refractivity contribution is 7.99. The number of imidazole rings is 1. The summed E-state index contributed by atoms with van der Waals surface area (Å²) in [6, 6.07) is 10.7. The Morgan fingerprint density at radius 1 is 1.14 bits per heavy atom. The maximum Gasteiger partial charge on any atom is 0.338 e. The third-order valence-electron chi connectivity index (χ3n) is 4.27. The zero-order valence-corrected chi connectivity index (χ0v) is 16.8.